The molecule has 0 saturated carbocycles. The minimum absolute atomic E-state index is 0. The van der Waals surface area contributed by atoms with Crippen LogP contribution in [-0.2, 0) is 28.5 Å². The van der Waals surface area contributed by atoms with Crippen LogP contribution in [0.15, 0.2) is 0 Å². The molecule has 0 amide bonds. The van der Waals surface area contributed by atoms with Crippen molar-refractivity contribution in [3.05, 3.63) is 0 Å². The van der Waals surface area contributed by atoms with E-state index in [4.69, 9.17) is 18.9 Å². The number of ether oxygens (including phenoxy) is 4. The van der Waals surface area contributed by atoms with Gasteiger partial charge in [-0.25, -0.2) is 4.79 Å². The van der Waals surface area contributed by atoms with E-state index in [1.165, 1.54) is 193 Å². The van der Waals surface area contributed by atoms with Gasteiger partial charge in [0.1, 0.15) is 5.41 Å². The number of carbonyl (C=O) groups excluding carboxylic acids is 2. The third-order valence-electron chi connectivity index (χ3n) is 11.2. The first-order valence-electron chi connectivity index (χ1n) is 24.5. The van der Waals surface area contributed by atoms with Gasteiger partial charge < -0.3 is 18.9 Å². The maximum Gasteiger partial charge on any atom is 0.344 e. The van der Waals surface area contributed by atoms with E-state index in [9.17, 15) is 9.59 Å². The molecule has 0 aliphatic heterocycles. The highest BCUT2D eigenvalue weighted by Crippen LogP contribution is 2.22. The summed E-state index contributed by atoms with van der Waals surface area (Å²) in [5.41, 5.74) is -0.954. The Kier molecular flexibility index (Phi) is 52.0. The molecule has 0 saturated heterocycles. The number of hydrogen-bond acceptors (Lipinski definition) is 6. The largest absolute Gasteiger partial charge is 0.463 e. The standard InChI is InChI=1S/C49H96O6.2CH4/c1-5-8-11-14-17-20-23-25-27-30-33-36-39-42-53-46-49(4,45-52-41-38-35-32-29-26-22-19-16-13-10-7-3)48(51)55-44-47(50)54-43-40-37-34-31-28-24-21-18-15-12-9-6-2;;/h5-46H2,1-4H3;2*1H4. The van der Waals surface area contributed by atoms with E-state index < -0.39 is 17.4 Å². The van der Waals surface area contributed by atoms with Crippen LogP contribution in [0.2, 0.25) is 0 Å². The molecule has 0 radical (unpaired) electrons. The molecule has 0 heterocycles. The summed E-state index contributed by atoms with van der Waals surface area (Å²) in [6.07, 6.45) is 46.4. The lowest BCUT2D eigenvalue weighted by Crippen LogP contribution is -2.40. The second-order valence-electron chi connectivity index (χ2n) is 17.1. The van der Waals surface area contributed by atoms with Crippen LogP contribution < -0.4 is 0 Å². The Morgan fingerprint density at radius 1 is 0.351 bits per heavy atom. The Balaban J connectivity index is -0.0000146. The van der Waals surface area contributed by atoms with Crippen molar-refractivity contribution in [1.29, 1.82) is 0 Å². The zero-order chi connectivity index (χ0) is 40.2. The molecular formula is C51H104O6. The van der Waals surface area contributed by atoms with Gasteiger partial charge in [0.05, 0.1) is 19.8 Å². The fourth-order valence-corrected chi connectivity index (χ4v) is 7.31. The molecule has 0 aromatic carbocycles. The van der Waals surface area contributed by atoms with Crippen molar-refractivity contribution < 1.29 is 28.5 Å². The second kappa shape index (κ2) is 49.2. The Bertz CT molecular complexity index is 788. The molecular weight excluding hydrogens is 709 g/mol. The second-order valence-corrected chi connectivity index (χ2v) is 17.1. The van der Waals surface area contributed by atoms with E-state index >= 15 is 0 Å². The Morgan fingerprint density at radius 2 is 0.596 bits per heavy atom. The molecule has 1 unspecified atom stereocenters. The van der Waals surface area contributed by atoms with Crippen LogP contribution in [0.5, 0.6) is 0 Å². The normalized spacial score (nSPS) is 12.1. The first kappa shape index (κ1) is 60.2. The topological polar surface area (TPSA) is 71.1 Å². The van der Waals surface area contributed by atoms with Gasteiger partial charge in [0.2, 0.25) is 0 Å². The smallest absolute Gasteiger partial charge is 0.344 e. The fourth-order valence-electron chi connectivity index (χ4n) is 7.31. The minimum atomic E-state index is -0.954. The zero-order valence-electron chi connectivity index (χ0n) is 37.6. The quantitative estimate of drug-likeness (QED) is 0.0450. The van der Waals surface area contributed by atoms with Gasteiger partial charge in [0.15, 0.2) is 6.61 Å². The SMILES string of the molecule is C.C.CCCCCCCCCCCCCCCOCC(C)(COCCCCCCCCCCCCC)C(=O)OCC(=O)OCCCCCCCCCCCCCC. The Labute approximate surface area is 358 Å². The van der Waals surface area contributed by atoms with Gasteiger partial charge >= 0.3 is 11.9 Å². The van der Waals surface area contributed by atoms with Crippen LogP contribution in [0.25, 0.3) is 0 Å². The third kappa shape index (κ3) is 44.2. The van der Waals surface area contributed by atoms with E-state index in [1.807, 2.05) is 6.92 Å². The lowest BCUT2D eigenvalue weighted by Gasteiger charge is -2.27. The van der Waals surface area contributed by atoms with Crippen LogP contribution in [0.4, 0.5) is 0 Å². The van der Waals surface area contributed by atoms with Gasteiger partial charge in [-0.05, 0) is 26.2 Å². The lowest BCUT2D eigenvalue weighted by molar-refractivity contribution is -0.171. The summed E-state index contributed by atoms with van der Waals surface area (Å²) in [6, 6.07) is 0. The van der Waals surface area contributed by atoms with E-state index in [2.05, 4.69) is 20.8 Å². The number of carbonyl (C=O) groups is 2. The average Bonchev–Trinajstić information content (AvgIpc) is 3.19. The fraction of sp³-hybridized carbons (Fsp3) is 0.961. The summed E-state index contributed by atoms with van der Waals surface area (Å²) >= 11 is 0. The Morgan fingerprint density at radius 3 is 0.877 bits per heavy atom. The Hall–Kier alpha value is -1.14. The molecule has 0 aromatic heterocycles. The van der Waals surface area contributed by atoms with Gasteiger partial charge in [0, 0.05) is 13.2 Å². The number of unbranched alkanes of at least 4 members (excludes halogenated alkanes) is 33. The molecule has 0 spiro atoms. The van der Waals surface area contributed by atoms with Crippen molar-refractivity contribution in [3.8, 4) is 0 Å². The molecule has 344 valence electrons. The van der Waals surface area contributed by atoms with Crippen LogP contribution in [0, 0.1) is 5.41 Å². The molecule has 0 aliphatic carbocycles. The molecule has 6 heteroatoms. The lowest BCUT2D eigenvalue weighted by atomic mass is 9.93. The number of rotatable bonds is 46. The first-order chi connectivity index (χ1) is 27.0. The van der Waals surface area contributed by atoms with Gasteiger partial charge in [-0.1, -0.05) is 248 Å². The van der Waals surface area contributed by atoms with Crippen LogP contribution >= 0.6 is 0 Å². The monoisotopic (exact) mass is 813 g/mol. The predicted octanol–water partition coefficient (Wildman–Crippen LogP) is 16.5. The van der Waals surface area contributed by atoms with Crippen LogP contribution in [0.3, 0.4) is 0 Å². The van der Waals surface area contributed by atoms with Crippen LogP contribution in [-0.4, -0.2) is 51.6 Å². The molecule has 1 atom stereocenters. The van der Waals surface area contributed by atoms with Gasteiger partial charge in [0.25, 0.3) is 0 Å². The molecule has 0 fully saturated rings. The van der Waals surface area contributed by atoms with Gasteiger partial charge in [-0.3, -0.25) is 4.79 Å². The number of esters is 2. The third-order valence-corrected chi connectivity index (χ3v) is 11.2. The minimum Gasteiger partial charge on any atom is -0.463 e. The highest BCUT2D eigenvalue weighted by Gasteiger charge is 2.36. The van der Waals surface area contributed by atoms with Gasteiger partial charge in [-0.15, -0.1) is 0 Å². The van der Waals surface area contributed by atoms with Crippen LogP contribution in [0.1, 0.15) is 274 Å². The van der Waals surface area contributed by atoms with E-state index in [-0.39, 0.29) is 34.7 Å². The average molecular weight is 813 g/mol. The maximum absolute atomic E-state index is 13.3. The van der Waals surface area contributed by atoms with E-state index in [1.54, 1.807) is 0 Å². The summed E-state index contributed by atoms with van der Waals surface area (Å²) in [5, 5.41) is 0. The highest BCUT2D eigenvalue weighted by molar-refractivity contribution is 5.80. The first-order valence-corrected chi connectivity index (χ1v) is 24.5. The molecule has 0 aliphatic rings. The summed E-state index contributed by atoms with van der Waals surface area (Å²) in [4.78, 5) is 25.7. The molecule has 0 aromatic rings. The van der Waals surface area contributed by atoms with Crippen molar-refractivity contribution in [2.45, 2.75) is 274 Å². The van der Waals surface area contributed by atoms with Crippen molar-refractivity contribution in [2.75, 3.05) is 39.6 Å². The van der Waals surface area contributed by atoms with Crippen molar-refractivity contribution in [3.63, 3.8) is 0 Å². The molecule has 0 rings (SSSR count). The molecule has 0 bridgehead atoms. The van der Waals surface area contributed by atoms with Crippen molar-refractivity contribution >= 4 is 11.9 Å². The summed E-state index contributed by atoms with van der Waals surface area (Å²) in [7, 11) is 0. The van der Waals surface area contributed by atoms with E-state index in [0.29, 0.717) is 19.8 Å². The highest BCUT2D eigenvalue weighted by atomic mass is 16.6. The van der Waals surface area contributed by atoms with Gasteiger partial charge in [-0.2, -0.15) is 0 Å². The summed E-state index contributed by atoms with van der Waals surface area (Å²) < 4.78 is 23.0. The predicted molar refractivity (Wildman–Crippen MR) is 248 cm³/mol. The number of hydrogen-bond donors (Lipinski definition) is 0. The van der Waals surface area contributed by atoms with Crippen molar-refractivity contribution in [1.82, 2.24) is 0 Å². The maximum atomic E-state index is 13.3. The summed E-state index contributed by atoms with van der Waals surface area (Å²) in [6.45, 7) is 10.4. The van der Waals surface area contributed by atoms with Crippen molar-refractivity contribution in [2.24, 2.45) is 5.41 Å². The van der Waals surface area contributed by atoms with E-state index in [0.717, 1.165) is 38.5 Å². The molecule has 0 N–H and O–H groups in total. The molecule has 6 nitrogen and oxygen atoms in total. The summed E-state index contributed by atoms with van der Waals surface area (Å²) in [5.74, 6) is -0.923. The zero-order valence-corrected chi connectivity index (χ0v) is 37.6. The molecule has 57 heavy (non-hydrogen) atoms.